The topological polar surface area (TPSA) is 55.8 Å². The summed E-state index contributed by atoms with van der Waals surface area (Å²) >= 11 is 17.7. The van der Waals surface area contributed by atoms with E-state index in [0.29, 0.717) is 12.5 Å². The maximum absolute atomic E-state index is 11.6. The standard InChI is InChI=1S/C11H22Cl3O4P/c1-3-4-5-17-8-19(15,16)18-7-10(13)11(14)9(2)6-12/h9-11H,3-8H2,1-2H3,(H,15,16). The first-order valence-electron chi connectivity index (χ1n) is 6.22. The van der Waals surface area contributed by atoms with Crippen LogP contribution in [0.2, 0.25) is 0 Å². The number of rotatable bonds is 11. The molecule has 4 atom stereocenters. The third-order valence-corrected chi connectivity index (χ3v) is 5.27. The zero-order valence-electron chi connectivity index (χ0n) is 11.2. The van der Waals surface area contributed by atoms with Crippen molar-refractivity contribution in [3.63, 3.8) is 0 Å². The van der Waals surface area contributed by atoms with E-state index in [1.807, 2.05) is 13.8 Å². The van der Waals surface area contributed by atoms with E-state index in [4.69, 9.17) is 44.1 Å². The minimum Gasteiger partial charge on any atom is -0.369 e. The van der Waals surface area contributed by atoms with Crippen molar-refractivity contribution in [1.82, 2.24) is 0 Å². The minimum absolute atomic E-state index is 0.00619. The average molecular weight is 356 g/mol. The Morgan fingerprint density at radius 3 is 2.53 bits per heavy atom. The summed E-state index contributed by atoms with van der Waals surface area (Å²) in [7, 11) is -3.76. The van der Waals surface area contributed by atoms with Crippen LogP contribution < -0.4 is 0 Å². The van der Waals surface area contributed by atoms with Gasteiger partial charge in [-0.05, 0) is 12.3 Å². The fourth-order valence-electron chi connectivity index (χ4n) is 1.18. The third kappa shape index (κ3) is 9.52. The quantitative estimate of drug-likeness (QED) is 0.345. The number of ether oxygens (including phenoxy) is 1. The van der Waals surface area contributed by atoms with Crippen molar-refractivity contribution in [2.75, 3.05) is 25.4 Å². The Bertz CT molecular complexity index is 281. The van der Waals surface area contributed by atoms with E-state index < -0.39 is 18.3 Å². The van der Waals surface area contributed by atoms with Crippen molar-refractivity contribution in [3.8, 4) is 0 Å². The summed E-state index contributed by atoms with van der Waals surface area (Å²) in [5, 5.41) is -0.994. The van der Waals surface area contributed by atoms with Crippen LogP contribution in [0, 0.1) is 5.92 Å². The fraction of sp³-hybridized carbons (Fsp3) is 1.00. The smallest absolute Gasteiger partial charge is 0.353 e. The first kappa shape index (κ1) is 20.0. The summed E-state index contributed by atoms with van der Waals surface area (Å²) < 4.78 is 21.6. The summed E-state index contributed by atoms with van der Waals surface area (Å²) in [5.74, 6) is 0.363. The summed E-state index contributed by atoms with van der Waals surface area (Å²) in [6, 6.07) is 0. The van der Waals surface area contributed by atoms with Crippen molar-refractivity contribution in [1.29, 1.82) is 0 Å². The predicted molar refractivity (Wildman–Crippen MR) is 80.7 cm³/mol. The van der Waals surface area contributed by atoms with Gasteiger partial charge in [0.05, 0.1) is 17.4 Å². The lowest BCUT2D eigenvalue weighted by atomic mass is 10.1. The van der Waals surface area contributed by atoms with Gasteiger partial charge in [0.1, 0.15) is 6.35 Å². The van der Waals surface area contributed by atoms with Gasteiger partial charge in [-0.3, -0.25) is 4.57 Å². The van der Waals surface area contributed by atoms with Crippen LogP contribution in [0.4, 0.5) is 0 Å². The van der Waals surface area contributed by atoms with Crippen LogP contribution in [0.5, 0.6) is 0 Å². The van der Waals surface area contributed by atoms with Crippen molar-refractivity contribution >= 4 is 42.4 Å². The molecule has 4 nitrogen and oxygen atoms in total. The van der Waals surface area contributed by atoms with Gasteiger partial charge in [0.2, 0.25) is 0 Å². The highest BCUT2D eigenvalue weighted by Crippen LogP contribution is 2.42. The average Bonchev–Trinajstić information content (AvgIpc) is 2.39. The molecule has 1 N–H and O–H groups in total. The second kappa shape index (κ2) is 10.7. The zero-order valence-corrected chi connectivity index (χ0v) is 14.4. The Morgan fingerprint density at radius 1 is 1.37 bits per heavy atom. The molecular formula is C11H22Cl3O4P. The molecule has 0 saturated carbocycles. The maximum Gasteiger partial charge on any atom is 0.353 e. The van der Waals surface area contributed by atoms with Gasteiger partial charge in [-0.2, -0.15) is 0 Å². The molecule has 0 amide bonds. The van der Waals surface area contributed by atoms with Crippen molar-refractivity contribution in [3.05, 3.63) is 0 Å². The first-order chi connectivity index (χ1) is 8.84. The molecular weight excluding hydrogens is 333 g/mol. The second-order valence-corrected chi connectivity index (χ2v) is 7.58. The molecule has 0 aliphatic rings. The molecule has 0 spiro atoms. The number of unbranched alkanes of at least 4 members (excludes halogenated alkanes) is 1. The second-order valence-electron chi connectivity index (χ2n) is 4.42. The third-order valence-electron chi connectivity index (χ3n) is 2.46. The summed E-state index contributed by atoms with van der Waals surface area (Å²) in [4.78, 5) is 9.52. The summed E-state index contributed by atoms with van der Waals surface area (Å²) in [5.41, 5.74) is 0. The van der Waals surface area contributed by atoms with E-state index in [2.05, 4.69) is 0 Å². The molecule has 0 heterocycles. The lowest BCUT2D eigenvalue weighted by molar-refractivity contribution is 0.141. The Kier molecular flexibility index (Phi) is 11.2. The molecule has 0 aliphatic carbocycles. The van der Waals surface area contributed by atoms with Crippen molar-refractivity contribution in [2.24, 2.45) is 5.92 Å². The predicted octanol–water partition coefficient (Wildman–Crippen LogP) is 4.05. The van der Waals surface area contributed by atoms with Crippen LogP contribution in [0.1, 0.15) is 26.7 Å². The molecule has 0 aromatic heterocycles. The summed E-state index contributed by atoms with van der Waals surface area (Å²) in [6.07, 6.45) is 1.48. The van der Waals surface area contributed by atoms with Crippen LogP contribution in [-0.4, -0.2) is 41.1 Å². The van der Waals surface area contributed by atoms with Crippen LogP contribution in [0.3, 0.4) is 0 Å². The molecule has 4 unspecified atom stereocenters. The normalized spacial score (nSPS) is 19.7. The van der Waals surface area contributed by atoms with Crippen LogP contribution in [0.25, 0.3) is 0 Å². The van der Waals surface area contributed by atoms with Gasteiger partial charge in [0.15, 0.2) is 0 Å². The van der Waals surface area contributed by atoms with E-state index in [1.54, 1.807) is 0 Å². The molecule has 0 fully saturated rings. The molecule has 0 aromatic rings. The van der Waals surface area contributed by atoms with Crippen LogP contribution in [-0.2, 0) is 13.8 Å². The van der Waals surface area contributed by atoms with Gasteiger partial charge in [-0.1, -0.05) is 20.3 Å². The largest absolute Gasteiger partial charge is 0.369 e. The Balaban J connectivity index is 3.98. The Morgan fingerprint density at radius 2 is 2.00 bits per heavy atom. The zero-order chi connectivity index (χ0) is 14.9. The van der Waals surface area contributed by atoms with Gasteiger partial charge >= 0.3 is 7.60 Å². The Hall–Kier alpha value is 0.980. The van der Waals surface area contributed by atoms with Crippen molar-refractivity contribution < 1.29 is 18.7 Å². The first-order valence-corrected chi connectivity index (χ1v) is 9.39. The van der Waals surface area contributed by atoms with Crippen molar-refractivity contribution in [2.45, 2.75) is 37.4 Å². The molecule has 0 rings (SSSR count). The molecule has 0 radical (unpaired) electrons. The number of alkyl halides is 3. The Labute approximate surface area is 130 Å². The highest BCUT2D eigenvalue weighted by atomic mass is 35.5. The number of hydrogen-bond donors (Lipinski definition) is 1. The van der Waals surface area contributed by atoms with Crippen LogP contribution >= 0.6 is 42.4 Å². The van der Waals surface area contributed by atoms with Crippen LogP contribution in [0.15, 0.2) is 0 Å². The van der Waals surface area contributed by atoms with E-state index in [0.717, 1.165) is 12.8 Å². The highest BCUT2D eigenvalue weighted by Gasteiger charge is 2.27. The minimum atomic E-state index is -3.76. The van der Waals surface area contributed by atoms with Gasteiger partial charge in [-0.25, -0.2) is 0 Å². The fourth-order valence-corrected chi connectivity index (χ4v) is 2.86. The SMILES string of the molecule is CCCCOCP(=O)(O)OCC(Cl)C(Cl)C(C)CCl. The van der Waals surface area contributed by atoms with Gasteiger partial charge in [-0.15, -0.1) is 34.8 Å². The monoisotopic (exact) mass is 354 g/mol. The van der Waals surface area contributed by atoms with E-state index in [9.17, 15) is 9.46 Å². The summed E-state index contributed by atoms with van der Waals surface area (Å²) in [6.45, 7) is 4.19. The number of halogens is 3. The lowest BCUT2D eigenvalue weighted by Crippen LogP contribution is -2.27. The molecule has 8 heteroatoms. The highest BCUT2D eigenvalue weighted by molar-refractivity contribution is 7.52. The molecule has 0 saturated heterocycles. The number of hydrogen-bond acceptors (Lipinski definition) is 3. The molecule has 0 aliphatic heterocycles. The lowest BCUT2D eigenvalue weighted by Gasteiger charge is -2.22. The van der Waals surface area contributed by atoms with Gasteiger partial charge in [0, 0.05) is 12.5 Å². The van der Waals surface area contributed by atoms with E-state index >= 15 is 0 Å². The van der Waals surface area contributed by atoms with Gasteiger partial charge in [0.25, 0.3) is 0 Å². The maximum atomic E-state index is 11.6. The van der Waals surface area contributed by atoms with E-state index in [1.165, 1.54) is 0 Å². The molecule has 19 heavy (non-hydrogen) atoms. The molecule has 0 bridgehead atoms. The molecule has 116 valence electrons. The van der Waals surface area contributed by atoms with E-state index in [-0.39, 0.29) is 18.9 Å². The van der Waals surface area contributed by atoms with Gasteiger partial charge < -0.3 is 14.2 Å². The molecule has 0 aromatic carbocycles.